The van der Waals surface area contributed by atoms with Crippen molar-refractivity contribution in [2.75, 3.05) is 7.11 Å². The van der Waals surface area contributed by atoms with Gasteiger partial charge >= 0.3 is 0 Å². The van der Waals surface area contributed by atoms with Crippen molar-refractivity contribution in [1.82, 2.24) is 14.8 Å². The number of H-pyrrole nitrogens is 1. The van der Waals surface area contributed by atoms with E-state index in [4.69, 9.17) is 4.74 Å². The first-order valence-corrected chi connectivity index (χ1v) is 7.33. The minimum atomic E-state index is -0.163. The van der Waals surface area contributed by atoms with E-state index in [-0.39, 0.29) is 5.56 Å². The summed E-state index contributed by atoms with van der Waals surface area (Å²) in [4.78, 5) is 15.9. The normalized spacial score (nSPS) is 11.2. The second-order valence-electron chi connectivity index (χ2n) is 5.49. The van der Waals surface area contributed by atoms with Crippen LogP contribution in [-0.2, 0) is 0 Å². The lowest BCUT2D eigenvalue weighted by atomic mass is 10.1. The quantitative estimate of drug-likeness (QED) is 0.619. The van der Waals surface area contributed by atoms with Crippen molar-refractivity contribution in [1.29, 1.82) is 0 Å². The molecule has 2 aliphatic heterocycles. The van der Waals surface area contributed by atoms with Crippen LogP contribution in [-0.4, -0.2) is 21.9 Å². The molecule has 0 radical (unpaired) electrons. The van der Waals surface area contributed by atoms with Gasteiger partial charge in [-0.25, -0.2) is 0 Å². The van der Waals surface area contributed by atoms with E-state index in [1.54, 1.807) is 13.3 Å². The second-order valence-corrected chi connectivity index (χ2v) is 5.49. The van der Waals surface area contributed by atoms with E-state index in [9.17, 15) is 4.79 Å². The van der Waals surface area contributed by atoms with Gasteiger partial charge < -0.3 is 9.72 Å². The predicted molar refractivity (Wildman–Crippen MR) is 89.6 cm³/mol. The molecule has 2 aliphatic rings. The number of aromatic amines is 1. The van der Waals surface area contributed by atoms with Gasteiger partial charge in [0.2, 0.25) is 0 Å². The third-order valence-corrected chi connectivity index (χ3v) is 3.99. The number of hydrogen-bond donors (Lipinski definition) is 1. The highest BCUT2D eigenvalue weighted by molar-refractivity contribution is 5.93. The van der Waals surface area contributed by atoms with Crippen molar-refractivity contribution < 1.29 is 4.74 Å². The van der Waals surface area contributed by atoms with E-state index in [1.807, 2.05) is 49.4 Å². The Labute approximate surface area is 132 Å². The largest absolute Gasteiger partial charge is 0.494 e. The number of fused-ring (bicyclic) bond motifs is 3. The zero-order valence-electron chi connectivity index (χ0n) is 12.8. The summed E-state index contributed by atoms with van der Waals surface area (Å²) in [5, 5.41) is 5.50. The van der Waals surface area contributed by atoms with Crippen LogP contribution in [0.15, 0.2) is 53.5 Å². The predicted octanol–water partition coefficient (Wildman–Crippen LogP) is 3.14. The highest BCUT2D eigenvalue weighted by atomic mass is 16.5. The number of aromatic nitrogens is 3. The summed E-state index contributed by atoms with van der Waals surface area (Å²) in [6, 6.07) is 13.4. The molecule has 0 aromatic heterocycles. The number of rotatable bonds is 2. The molecule has 0 spiro atoms. The Bertz CT molecular complexity index is 1050. The fraction of sp³-hybridized carbons (Fsp3) is 0.111. The second kappa shape index (κ2) is 4.98. The topological polar surface area (TPSA) is 59.9 Å². The molecule has 5 nitrogen and oxygen atoms in total. The van der Waals surface area contributed by atoms with Gasteiger partial charge in [-0.1, -0.05) is 23.8 Å². The molecule has 0 fully saturated rings. The number of benzene rings is 2. The molecule has 2 aromatic rings. The molecule has 4 rings (SSSR count). The van der Waals surface area contributed by atoms with Crippen molar-refractivity contribution in [3.63, 3.8) is 0 Å². The van der Waals surface area contributed by atoms with Crippen LogP contribution in [0, 0.1) is 6.92 Å². The van der Waals surface area contributed by atoms with Crippen molar-refractivity contribution in [2.24, 2.45) is 0 Å². The summed E-state index contributed by atoms with van der Waals surface area (Å²) in [7, 11) is 1.58. The Kier molecular flexibility index (Phi) is 2.94. The van der Waals surface area contributed by atoms with Gasteiger partial charge in [0, 0.05) is 17.1 Å². The number of hydrogen-bond acceptors (Lipinski definition) is 3. The summed E-state index contributed by atoms with van der Waals surface area (Å²) in [5.74, 6) is 0.613. The standard InChI is InChI=1S/C18H15N3O2/c1-11-7-8-14-12(9-11)17-13(10-19-14)18(22)21(20-17)15-5-3-4-6-16(15)23-2/h3-10,19H,1-2H3. The number of nitrogens with one attached hydrogen (secondary N) is 1. The van der Waals surface area contributed by atoms with Gasteiger partial charge in [0.1, 0.15) is 17.1 Å². The molecule has 2 heterocycles. The van der Waals surface area contributed by atoms with Gasteiger partial charge in [-0.3, -0.25) is 4.79 Å². The molecular weight excluding hydrogens is 290 g/mol. The van der Waals surface area contributed by atoms with Crippen LogP contribution >= 0.6 is 0 Å². The number of pyridine rings is 1. The molecule has 2 aromatic carbocycles. The highest BCUT2D eigenvalue weighted by Crippen LogP contribution is 2.28. The van der Waals surface area contributed by atoms with Crippen LogP contribution in [0.4, 0.5) is 0 Å². The van der Waals surface area contributed by atoms with Gasteiger partial charge in [-0.05, 0) is 31.2 Å². The fourth-order valence-corrected chi connectivity index (χ4v) is 2.84. The molecule has 0 atom stereocenters. The maximum absolute atomic E-state index is 12.8. The maximum Gasteiger partial charge on any atom is 0.282 e. The number of nitrogens with zero attached hydrogens (tertiary/aromatic N) is 2. The van der Waals surface area contributed by atoms with Crippen molar-refractivity contribution in [2.45, 2.75) is 6.92 Å². The van der Waals surface area contributed by atoms with E-state index in [0.29, 0.717) is 22.7 Å². The van der Waals surface area contributed by atoms with E-state index in [1.165, 1.54) is 4.68 Å². The number of para-hydroxylation sites is 2. The molecule has 5 heteroatoms. The van der Waals surface area contributed by atoms with Gasteiger partial charge in [0.25, 0.3) is 5.56 Å². The molecule has 114 valence electrons. The lowest BCUT2D eigenvalue weighted by molar-refractivity contribution is 0.411. The third-order valence-electron chi connectivity index (χ3n) is 3.99. The SMILES string of the molecule is COc1ccccc1-n1nc2c3cc(C)ccc3[nH]cc-2c1=O. The first-order chi connectivity index (χ1) is 11.2. The smallest absolute Gasteiger partial charge is 0.282 e. The first-order valence-electron chi connectivity index (χ1n) is 7.33. The van der Waals surface area contributed by atoms with Gasteiger partial charge in [0.15, 0.2) is 0 Å². The van der Waals surface area contributed by atoms with Crippen LogP contribution in [0.25, 0.3) is 27.8 Å². The average Bonchev–Trinajstić information content (AvgIpc) is 2.92. The third kappa shape index (κ3) is 2.01. The molecule has 1 N–H and O–H groups in total. The fourth-order valence-electron chi connectivity index (χ4n) is 2.84. The monoisotopic (exact) mass is 305 g/mol. The molecular formula is C18H15N3O2. The maximum atomic E-state index is 12.8. The zero-order valence-corrected chi connectivity index (χ0v) is 12.8. The Morgan fingerprint density at radius 2 is 2.00 bits per heavy atom. The Balaban J connectivity index is 2.08. The lowest BCUT2D eigenvalue weighted by Crippen LogP contribution is -2.15. The van der Waals surface area contributed by atoms with Crippen LogP contribution in [0.5, 0.6) is 5.75 Å². The number of methoxy groups -OCH3 is 1. The van der Waals surface area contributed by atoms with E-state index in [0.717, 1.165) is 16.5 Å². The minimum Gasteiger partial charge on any atom is -0.494 e. The van der Waals surface area contributed by atoms with Gasteiger partial charge in [-0.15, -0.1) is 0 Å². The van der Waals surface area contributed by atoms with Crippen molar-refractivity contribution in [3.8, 4) is 22.7 Å². The molecule has 23 heavy (non-hydrogen) atoms. The summed E-state index contributed by atoms with van der Waals surface area (Å²) in [6.07, 6.45) is 1.72. The van der Waals surface area contributed by atoms with Crippen molar-refractivity contribution in [3.05, 3.63) is 64.6 Å². The lowest BCUT2D eigenvalue weighted by Gasteiger charge is -2.06. The summed E-state index contributed by atoms with van der Waals surface area (Å²) < 4.78 is 6.75. The molecule has 0 saturated carbocycles. The van der Waals surface area contributed by atoms with Crippen LogP contribution < -0.4 is 10.3 Å². The first kappa shape index (κ1) is 13.6. The number of aryl methyl sites for hydroxylation is 1. The van der Waals surface area contributed by atoms with Crippen LogP contribution in [0.2, 0.25) is 0 Å². The van der Waals surface area contributed by atoms with E-state index >= 15 is 0 Å². The number of ether oxygens (including phenoxy) is 1. The Hall–Kier alpha value is -3.08. The highest BCUT2D eigenvalue weighted by Gasteiger charge is 2.20. The molecule has 0 bridgehead atoms. The summed E-state index contributed by atoms with van der Waals surface area (Å²) in [5.41, 5.74) is 3.80. The van der Waals surface area contributed by atoms with Crippen molar-refractivity contribution >= 4 is 10.9 Å². The van der Waals surface area contributed by atoms with E-state index in [2.05, 4.69) is 10.1 Å². The minimum absolute atomic E-state index is 0.163. The van der Waals surface area contributed by atoms with Crippen LogP contribution in [0.1, 0.15) is 5.56 Å². The molecule has 0 unspecified atom stereocenters. The summed E-state index contributed by atoms with van der Waals surface area (Å²) >= 11 is 0. The molecule has 0 amide bonds. The zero-order chi connectivity index (χ0) is 16.0. The Morgan fingerprint density at radius 3 is 2.83 bits per heavy atom. The van der Waals surface area contributed by atoms with E-state index < -0.39 is 0 Å². The van der Waals surface area contributed by atoms with Gasteiger partial charge in [0.05, 0.1) is 12.7 Å². The Morgan fingerprint density at radius 1 is 1.17 bits per heavy atom. The molecule has 0 saturated heterocycles. The summed E-state index contributed by atoms with van der Waals surface area (Å²) in [6.45, 7) is 2.02. The molecule has 0 aliphatic carbocycles. The van der Waals surface area contributed by atoms with Gasteiger partial charge in [-0.2, -0.15) is 9.78 Å². The average molecular weight is 305 g/mol. The van der Waals surface area contributed by atoms with Crippen LogP contribution in [0.3, 0.4) is 0 Å².